The number of hydrogen-bond acceptors (Lipinski definition) is 4. The number of phosphoric ester groups is 1. The number of phosphoric acid groups is 1. The lowest BCUT2D eigenvalue weighted by Crippen LogP contribution is -2.53. The van der Waals surface area contributed by atoms with Gasteiger partial charge in [0.1, 0.15) is 12.6 Å². The first-order valence-corrected chi connectivity index (χ1v) is 16.6. The first-order chi connectivity index (χ1) is 17.3. The molecular formula is C28H59NO6P+. The van der Waals surface area contributed by atoms with E-state index in [1.54, 1.807) is 0 Å². The topological polar surface area (TPSA) is 96.2 Å². The number of likely N-dealkylation sites (tertiary alicyclic amines) is 1. The van der Waals surface area contributed by atoms with Crippen LogP contribution in [-0.4, -0.2) is 71.5 Å². The third-order valence-corrected chi connectivity index (χ3v) is 8.39. The Kier molecular flexibility index (Phi) is 19.7. The molecule has 1 aliphatic heterocycles. The van der Waals surface area contributed by atoms with Crippen molar-refractivity contribution >= 4 is 7.82 Å². The summed E-state index contributed by atoms with van der Waals surface area (Å²) in [5.74, 6) is 0. The van der Waals surface area contributed by atoms with Crippen LogP contribution in [0.2, 0.25) is 0 Å². The van der Waals surface area contributed by atoms with Crippen LogP contribution < -0.4 is 0 Å². The summed E-state index contributed by atoms with van der Waals surface area (Å²) in [6, 6.07) is -0.144. The van der Waals surface area contributed by atoms with Gasteiger partial charge in [-0.1, -0.05) is 103 Å². The van der Waals surface area contributed by atoms with E-state index in [1.165, 1.54) is 96.3 Å². The summed E-state index contributed by atoms with van der Waals surface area (Å²) >= 11 is 0. The molecule has 1 fully saturated rings. The van der Waals surface area contributed by atoms with Gasteiger partial charge >= 0.3 is 7.82 Å². The second kappa shape index (κ2) is 20.9. The number of likely N-dealkylation sites (N-methyl/N-ethyl adjacent to an activating group) is 1. The number of hydrogen-bond donors (Lipinski definition) is 3. The van der Waals surface area contributed by atoms with Crippen molar-refractivity contribution in [3.63, 3.8) is 0 Å². The van der Waals surface area contributed by atoms with Crippen LogP contribution in [0.4, 0.5) is 0 Å². The van der Waals surface area contributed by atoms with Crippen molar-refractivity contribution in [2.45, 2.75) is 141 Å². The van der Waals surface area contributed by atoms with Gasteiger partial charge in [-0.2, -0.15) is 0 Å². The molecule has 0 bridgehead atoms. The van der Waals surface area contributed by atoms with Gasteiger partial charge in [0.2, 0.25) is 0 Å². The molecule has 0 aliphatic carbocycles. The monoisotopic (exact) mass is 536 g/mol. The van der Waals surface area contributed by atoms with E-state index in [4.69, 9.17) is 19.0 Å². The molecule has 0 saturated carbocycles. The molecular weight excluding hydrogens is 477 g/mol. The van der Waals surface area contributed by atoms with Crippen LogP contribution in [0, 0.1) is 0 Å². The van der Waals surface area contributed by atoms with Gasteiger partial charge in [0.25, 0.3) is 0 Å². The largest absolute Gasteiger partial charge is 0.469 e. The Labute approximate surface area is 222 Å². The highest BCUT2D eigenvalue weighted by molar-refractivity contribution is 7.46. The van der Waals surface area contributed by atoms with Crippen molar-refractivity contribution < 1.29 is 33.2 Å². The van der Waals surface area contributed by atoms with Gasteiger partial charge in [0.15, 0.2) is 0 Å². The predicted octanol–water partition coefficient (Wildman–Crippen LogP) is 6.73. The molecule has 216 valence electrons. The van der Waals surface area contributed by atoms with Crippen LogP contribution >= 0.6 is 7.82 Å². The maximum atomic E-state index is 11.2. The zero-order chi connectivity index (χ0) is 26.5. The molecule has 0 radical (unpaired) electrons. The number of quaternary nitrogens is 1. The smallest absolute Gasteiger partial charge is 0.390 e. The highest BCUT2D eigenvalue weighted by Crippen LogP contribution is 2.37. The fourth-order valence-electron chi connectivity index (χ4n) is 5.46. The quantitative estimate of drug-likeness (QED) is 0.0680. The molecule has 0 amide bonds. The van der Waals surface area contributed by atoms with E-state index in [0.717, 1.165) is 32.4 Å². The maximum Gasteiger partial charge on any atom is 0.469 e. The Morgan fingerprint density at radius 3 is 1.64 bits per heavy atom. The van der Waals surface area contributed by atoms with Crippen molar-refractivity contribution in [3.8, 4) is 0 Å². The normalized spacial score (nSPS) is 17.5. The van der Waals surface area contributed by atoms with Gasteiger partial charge in [-0.05, 0) is 6.42 Å². The maximum absolute atomic E-state index is 11.2. The molecule has 1 aliphatic rings. The summed E-state index contributed by atoms with van der Waals surface area (Å²) in [4.78, 5) is 18.2. The lowest BCUT2D eigenvalue weighted by Gasteiger charge is -2.38. The first kappa shape index (κ1) is 34.0. The highest BCUT2D eigenvalue weighted by atomic mass is 31.2. The van der Waals surface area contributed by atoms with Crippen molar-refractivity contribution in [2.75, 3.05) is 40.0 Å². The minimum Gasteiger partial charge on any atom is -0.390 e. The third kappa shape index (κ3) is 18.3. The predicted molar refractivity (Wildman–Crippen MR) is 148 cm³/mol. The lowest BCUT2D eigenvalue weighted by atomic mass is 10.0. The Balaban J connectivity index is 1.96. The fourth-order valence-corrected chi connectivity index (χ4v) is 5.83. The Hall–Kier alpha value is -0.0100. The molecule has 0 spiro atoms. The molecule has 1 rings (SSSR count). The molecule has 2 atom stereocenters. The van der Waals surface area contributed by atoms with E-state index in [0.29, 0.717) is 17.5 Å². The van der Waals surface area contributed by atoms with Gasteiger partial charge in [0, 0.05) is 25.9 Å². The van der Waals surface area contributed by atoms with E-state index >= 15 is 0 Å². The Morgan fingerprint density at radius 1 is 0.750 bits per heavy atom. The summed E-state index contributed by atoms with van der Waals surface area (Å²) in [6.45, 7) is 5.05. The highest BCUT2D eigenvalue weighted by Gasteiger charge is 2.38. The zero-order valence-electron chi connectivity index (χ0n) is 23.6. The first-order valence-electron chi connectivity index (χ1n) is 15.1. The summed E-state index contributed by atoms with van der Waals surface area (Å²) < 4.78 is 22.4. The van der Waals surface area contributed by atoms with Crippen molar-refractivity contribution in [1.29, 1.82) is 0 Å². The molecule has 8 heteroatoms. The van der Waals surface area contributed by atoms with Crippen LogP contribution in [-0.2, 0) is 13.8 Å². The lowest BCUT2D eigenvalue weighted by molar-refractivity contribution is -0.923. The number of aliphatic hydroxyl groups excluding tert-OH is 1. The fraction of sp³-hybridized carbons (Fsp3) is 1.00. The number of rotatable bonds is 25. The minimum absolute atomic E-state index is 0.0447. The molecule has 2 unspecified atom stereocenters. The van der Waals surface area contributed by atoms with E-state index in [2.05, 4.69) is 14.0 Å². The molecule has 0 aromatic heterocycles. The van der Waals surface area contributed by atoms with E-state index in [9.17, 15) is 9.67 Å². The van der Waals surface area contributed by atoms with Crippen molar-refractivity contribution in [3.05, 3.63) is 0 Å². The average molecular weight is 537 g/mol. The molecule has 0 aromatic rings. The van der Waals surface area contributed by atoms with Crippen LogP contribution in [0.25, 0.3) is 0 Å². The van der Waals surface area contributed by atoms with Crippen LogP contribution in [0.3, 0.4) is 0 Å². The summed E-state index contributed by atoms with van der Waals surface area (Å²) in [6.07, 6.45) is 23.4. The Bertz CT molecular complexity index is 552. The van der Waals surface area contributed by atoms with Gasteiger partial charge in [-0.25, -0.2) is 4.57 Å². The number of aliphatic hydroxyl groups is 1. The van der Waals surface area contributed by atoms with Crippen LogP contribution in [0.15, 0.2) is 0 Å². The number of nitrogens with zero attached hydrogens (tertiary/aromatic N) is 1. The molecule has 7 nitrogen and oxygen atoms in total. The van der Waals surface area contributed by atoms with Crippen molar-refractivity contribution in [1.82, 2.24) is 0 Å². The van der Waals surface area contributed by atoms with Crippen LogP contribution in [0.1, 0.15) is 129 Å². The van der Waals surface area contributed by atoms with E-state index in [1.807, 2.05) is 0 Å². The molecule has 1 saturated heterocycles. The van der Waals surface area contributed by atoms with E-state index in [-0.39, 0.29) is 19.3 Å². The SMILES string of the molecule is CCCCCCCCCCCCCCCCCCOCC(O)CC(COP(=O)(O)O)[N+]1(C)CCCC1. The second-order valence-corrected chi connectivity index (χ2v) is 12.6. The van der Waals surface area contributed by atoms with Gasteiger partial charge in [-0.3, -0.25) is 4.52 Å². The minimum atomic E-state index is -4.51. The zero-order valence-corrected chi connectivity index (χ0v) is 24.5. The molecule has 0 aromatic carbocycles. The second-order valence-electron chi connectivity index (χ2n) is 11.3. The van der Waals surface area contributed by atoms with Crippen molar-refractivity contribution in [2.24, 2.45) is 0 Å². The van der Waals surface area contributed by atoms with Gasteiger partial charge in [0.05, 0.1) is 32.8 Å². The number of unbranched alkanes of at least 4 members (excludes halogenated alkanes) is 15. The summed E-state index contributed by atoms with van der Waals surface area (Å²) in [7, 11) is -2.42. The average Bonchev–Trinajstić information content (AvgIpc) is 3.27. The molecule has 1 heterocycles. The number of ether oxygens (including phenoxy) is 1. The van der Waals surface area contributed by atoms with Gasteiger partial charge < -0.3 is 24.1 Å². The van der Waals surface area contributed by atoms with Crippen LogP contribution in [0.5, 0.6) is 0 Å². The molecule has 36 heavy (non-hydrogen) atoms. The molecule has 3 N–H and O–H groups in total. The summed E-state index contributed by atoms with van der Waals surface area (Å²) in [5, 5.41) is 10.5. The Morgan fingerprint density at radius 2 is 1.19 bits per heavy atom. The van der Waals surface area contributed by atoms with Gasteiger partial charge in [-0.15, -0.1) is 0 Å². The summed E-state index contributed by atoms with van der Waals surface area (Å²) in [5.41, 5.74) is 0. The van der Waals surface area contributed by atoms with E-state index < -0.39 is 13.9 Å². The standard InChI is InChI=1S/C28H58NO6P/c1-3-4-5-6-7-8-9-10-11-12-13-14-15-16-17-20-23-34-26-28(30)24-27(25-35-36(31,32)33)29(2)21-18-19-22-29/h27-28,30H,3-26H2,1-2H3,(H-,31,32,33)/p+1. The third-order valence-electron chi connectivity index (χ3n) is 7.90.